The molecule has 0 saturated carbocycles. The predicted molar refractivity (Wildman–Crippen MR) is 65.2 cm³/mol. The Morgan fingerprint density at radius 2 is 2.25 bits per heavy atom. The molecule has 3 heteroatoms. The van der Waals surface area contributed by atoms with E-state index in [0.717, 1.165) is 24.2 Å². The van der Waals surface area contributed by atoms with Crippen molar-refractivity contribution in [2.45, 2.75) is 26.8 Å². The van der Waals surface area contributed by atoms with Crippen molar-refractivity contribution in [3.05, 3.63) is 29.3 Å². The molecule has 0 atom stereocenters. The largest absolute Gasteiger partial charge is 0.326 e. The molecule has 1 heterocycles. The zero-order valence-electron chi connectivity index (χ0n) is 9.86. The van der Waals surface area contributed by atoms with E-state index in [1.807, 2.05) is 30.9 Å². The first kappa shape index (κ1) is 11.1. The summed E-state index contributed by atoms with van der Waals surface area (Å²) in [4.78, 5) is 13.9. The van der Waals surface area contributed by atoms with E-state index in [0.29, 0.717) is 6.54 Å². The first-order valence-electron chi connectivity index (χ1n) is 5.76. The van der Waals surface area contributed by atoms with Gasteiger partial charge in [-0.25, -0.2) is 0 Å². The molecule has 0 aromatic heterocycles. The van der Waals surface area contributed by atoms with Gasteiger partial charge in [-0.2, -0.15) is 0 Å². The summed E-state index contributed by atoms with van der Waals surface area (Å²) in [5.41, 5.74) is 9.06. The molecule has 1 aliphatic rings. The second kappa shape index (κ2) is 4.26. The molecule has 2 rings (SSSR count). The number of benzene rings is 1. The minimum Gasteiger partial charge on any atom is -0.326 e. The molecule has 0 saturated heterocycles. The minimum absolute atomic E-state index is 0.0557. The van der Waals surface area contributed by atoms with E-state index in [1.165, 1.54) is 5.56 Å². The van der Waals surface area contributed by atoms with Gasteiger partial charge in [0.25, 0.3) is 0 Å². The van der Waals surface area contributed by atoms with Gasteiger partial charge < -0.3 is 10.6 Å². The SMILES string of the molecule is CC(C)C(=O)N1CCc2cc(CN)ccc21. The lowest BCUT2D eigenvalue weighted by atomic mass is 10.1. The number of nitrogens with zero attached hydrogens (tertiary/aromatic N) is 1. The van der Waals surface area contributed by atoms with Crippen LogP contribution in [-0.2, 0) is 17.8 Å². The fourth-order valence-electron chi connectivity index (χ4n) is 2.12. The second-order valence-electron chi connectivity index (χ2n) is 4.56. The molecule has 0 radical (unpaired) electrons. The summed E-state index contributed by atoms with van der Waals surface area (Å²) in [5.74, 6) is 0.263. The summed E-state index contributed by atoms with van der Waals surface area (Å²) in [5, 5.41) is 0. The highest BCUT2D eigenvalue weighted by Gasteiger charge is 2.25. The van der Waals surface area contributed by atoms with Crippen molar-refractivity contribution in [3.8, 4) is 0 Å². The van der Waals surface area contributed by atoms with Crippen molar-refractivity contribution in [3.63, 3.8) is 0 Å². The lowest BCUT2D eigenvalue weighted by Gasteiger charge is -2.19. The van der Waals surface area contributed by atoms with Crippen LogP contribution in [-0.4, -0.2) is 12.5 Å². The molecule has 1 aliphatic heterocycles. The van der Waals surface area contributed by atoms with Crippen molar-refractivity contribution < 1.29 is 4.79 Å². The highest BCUT2D eigenvalue weighted by molar-refractivity contribution is 5.96. The summed E-state index contributed by atoms with van der Waals surface area (Å²) in [6, 6.07) is 6.14. The van der Waals surface area contributed by atoms with Crippen LogP contribution in [0.15, 0.2) is 18.2 Å². The Bertz CT molecular complexity index is 412. The molecular weight excluding hydrogens is 200 g/mol. The molecule has 0 bridgehead atoms. The van der Waals surface area contributed by atoms with Gasteiger partial charge in [0, 0.05) is 24.7 Å². The number of nitrogens with two attached hydrogens (primary N) is 1. The number of fused-ring (bicyclic) bond motifs is 1. The van der Waals surface area contributed by atoms with Crippen LogP contribution in [0.5, 0.6) is 0 Å². The van der Waals surface area contributed by atoms with Gasteiger partial charge in [0.2, 0.25) is 5.91 Å². The monoisotopic (exact) mass is 218 g/mol. The Hall–Kier alpha value is -1.35. The summed E-state index contributed by atoms with van der Waals surface area (Å²) in [7, 11) is 0. The van der Waals surface area contributed by atoms with E-state index in [1.54, 1.807) is 0 Å². The van der Waals surface area contributed by atoms with Crippen molar-refractivity contribution >= 4 is 11.6 Å². The zero-order chi connectivity index (χ0) is 11.7. The first-order valence-corrected chi connectivity index (χ1v) is 5.76. The number of anilines is 1. The van der Waals surface area contributed by atoms with Crippen LogP contribution in [0, 0.1) is 5.92 Å². The molecule has 0 aliphatic carbocycles. The van der Waals surface area contributed by atoms with Crippen LogP contribution in [0.1, 0.15) is 25.0 Å². The third-order valence-corrected chi connectivity index (χ3v) is 3.04. The molecular formula is C13H18N2O. The molecule has 1 aromatic rings. The number of hydrogen-bond donors (Lipinski definition) is 1. The van der Waals surface area contributed by atoms with Gasteiger partial charge in [-0.1, -0.05) is 26.0 Å². The van der Waals surface area contributed by atoms with Crippen LogP contribution in [0.25, 0.3) is 0 Å². The molecule has 1 aromatic carbocycles. The second-order valence-corrected chi connectivity index (χ2v) is 4.56. The van der Waals surface area contributed by atoms with Crippen LogP contribution in [0.2, 0.25) is 0 Å². The van der Waals surface area contributed by atoms with Crippen molar-refractivity contribution in [1.82, 2.24) is 0 Å². The minimum atomic E-state index is 0.0557. The summed E-state index contributed by atoms with van der Waals surface area (Å²) in [6.07, 6.45) is 0.946. The van der Waals surface area contributed by atoms with Crippen LogP contribution < -0.4 is 10.6 Å². The topological polar surface area (TPSA) is 46.3 Å². The molecule has 2 N–H and O–H groups in total. The van der Waals surface area contributed by atoms with E-state index in [9.17, 15) is 4.79 Å². The lowest BCUT2D eigenvalue weighted by molar-refractivity contribution is -0.121. The third kappa shape index (κ3) is 1.83. The predicted octanol–water partition coefficient (Wildman–Crippen LogP) is 1.69. The number of rotatable bonds is 2. The maximum absolute atomic E-state index is 12.0. The van der Waals surface area contributed by atoms with Crippen LogP contribution in [0.3, 0.4) is 0 Å². The van der Waals surface area contributed by atoms with E-state index < -0.39 is 0 Å². The molecule has 0 spiro atoms. The Kier molecular flexibility index (Phi) is 2.97. The standard InChI is InChI=1S/C13H18N2O/c1-9(2)13(16)15-6-5-11-7-10(8-14)3-4-12(11)15/h3-4,7,9H,5-6,8,14H2,1-2H3. The number of hydrogen-bond acceptors (Lipinski definition) is 2. The highest BCUT2D eigenvalue weighted by Crippen LogP contribution is 2.29. The van der Waals surface area contributed by atoms with E-state index in [4.69, 9.17) is 5.73 Å². The van der Waals surface area contributed by atoms with Gasteiger partial charge in [0.15, 0.2) is 0 Å². The fraction of sp³-hybridized carbons (Fsp3) is 0.462. The molecule has 16 heavy (non-hydrogen) atoms. The van der Waals surface area contributed by atoms with E-state index >= 15 is 0 Å². The van der Waals surface area contributed by atoms with Crippen LogP contribution in [0.4, 0.5) is 5.69 Å². The summed E-state index contributed by atoms with van der Waals surface area (Å²) < 4.78 is 0. The maximum atomic E-state index is 12.0. The molecule has 0 unspecified atom stereocenters. The van der Waals surface area contributed by atoms with Crippen molar-refractivity contribution in [2.75, 3.05) is 11.4 Å². The van der Waals surface area contributed by atoms with Gasteiger partial charge >= 0.3 is 0 Å². The molecule has 86 valence electrons. The van der Waals surface area contributed by atoms with Gasteiger partial charge in [-0.3, -0.25) is 4.79 Å². The van der Waals surface area contributed by atoms with Crippen molar-refractivity contribution in [2.24, 2.45) is 11.7 Å². The third-order valence-electron chi connectivity index (χ3n) is 3.04. The molecule has 1 amide bonds. The van der Waals surface area contributed by atoms with E-state index in [2.05, 4.69) is 6.07 Å². The smallest absolute Gasteiger partial charge is 0.229 e. The Balaban J connectivity index is 2.30. The quantitative estimate of drug-likeness (QED) is 0.821. The van der Waals surface area contributed by atoms with Crippen LogP contribution >= 0.6 is 0 Å². The van der Waals surface area contributed by atoms with Gasteiger partial charge in [0.05, 0.1) is 0 Å². The Morgan fingerprint density at radius 3 is 2.88 bits per heavy atom. The number of amides is 1. The van der Waals surface area contributed by atoms with E-state index in [-0.39, 0.29) is 11.8 Å². The summed E-state index contributed by atoms with van der Waals surface area (Å²) >= 11 is 0. The molecule has 0 fully saturated rings. The maximum Gasteiger partial charge on any atom is 0.229 e. The normalized spacial score (nSPS) is 14.4. The first-order chi connectivity index (χ1) is 7.63. The van der Waals surface area contributed by atoms with Crippen molar-refractivity contribution in [1.29, 1.82) is 0 Å². The highest BCUT2D eigenvalue weighted by atomic mass is 16.2. The number of carbonyl (C=O) groups excluding carboxylic acids is 1. The summed E-state index contributed by atoms with van der Waals surface area (Å²) in [6.45, 7) is 5.24. The average molecular weight is 218 g/mol. The Labute approximate surface area is 96.2 Å². The average Bonchev–Trinajstić information content (AvgIpc) is 2.70. The van der Waals surface area contributed by atoms with Gasteiger partial charge in [0.1, 0.15) is 0 Å². The zero-order valence-corrected chi connectivity index (χ0v) is 9.86. The lowest BCUT2D eigenvalue weighted by Crippen LogP contribution is -2.32. The number of carbonyl (C=O) groups is 1. The van der Waals surface area contributed by atoms with Gasteiger partial charge in [-0.15, -0.1) is 0 Å². The Morgan fingerprint density at radius 1 is 1.50 bits per heavy atom. The fourth-order valence-corrected chi connectivity index (χ4v) is 2.12. The molecule has 3 nitrogen and oxygen atoms in total. The van der Waals surface area contributed by atoms with Gasteiger partial charge in [-0.05, 0) is 23.6 Å².